The van der Waals surface area contributed by atoms with Gasteiger partial charge in [-0.3, -0.25) is 5.10 Å². The molecule has 0 atom stereocenters. The molecule has 0 aliphatic carbocycles. The highest BCUT2D eigenvalue weighted by Crippen LogP contribution is 2.37. The van der Waals surface area contributed by atoms with Crippen molar-refractivity contribution in [1.29, 1.82) is 0 Å². The Hall–Kier alpha value is -1.54. The average Bonchev–Trinajstić information content (AvgIpc) is 3.05. The Kier molecular flexibility index (Phi) is 3.66. The lowest BCUT2D eigenvalue weighted by atomic mass is 10.0. The molecule has 2 heterocycles. The second kappa shape index (κ2) is 5.45. The van der Waals surface area contributed by atoms with E-state index in [1.807, 2.05) is 24.3 Å². The first-order chi connectivity index (χ1) is 9.69. The van der Waals surface area contributed by atoms with E-state index in [4.69, 9.17) is 10.5 Å². The van der Waals surface area contributed by atoms with Crippen LogP contribution in [0.2, 0.25) is 0 Å². The molecule has 20 heavy (non-hydrogen) atoms. The molecule has 1 aromatic carbocycles. The number of methoxy groups -OCH3 is 1. The van der Waals surface area contributed by atoms with Crippen LogP contribution in [-0.2, 0) is 0 Å². The van der Waals surface area contributed by atoms with E-state index in [2.05, 4.69) is 44.2 Å². The maximum absolute atomic E-state index is 6.03. The van der Waals surface area contributed by atoms with Gasteiger partial charge >= 0.3 is 0 Å². The summed E-state index contributed by atoms with van der Waals surface area (Å²) in [6.07, 6.45) is 0. The summed E-state index contributed by atoms with van der Waals surface area (Å²) in [5.41, 5.74) is 9.97. The number of nitrogen functional groups attached to an aromatic ring is 1. The molecule has 0 amide bonds. The maximum atomic E-state index is 6.03. The number of nitrogens with zero attached hydrogens (tertiary/aromatic N) is 1. The van der Waals surface area contributed by atoms with Crippen LogP contribution in [0.3, 0.4) is 0 Å². The third-order valence-corrected chi connectivity index (χ3v) is 4.80. The Morgan fingerprint density at radius 1 is 1.30 bits per heavy atom. The van der Waals surface area contributed by atoms with Crippen molar-refractivity contribution >= 4 is 39.7 Å². The summed E-state index contributed by atoms with van der Waals surface area (Å²) in [5, 5.41) is 9.27. The lowest BCUT2D eigenvalue weighted by Gasteiger charge is -2.05. The quantitative estimate of drug-likeness (QED) is 0.657. The Morgan fingerprint density at radius 3 is 2.85 bits per heavy atom. The number of anilines is 1. The Labute approximate surface area is 134 Å². The van der Waals surface area contributed by atoms with Crippen LogP contribution in [0.5, 0.6) is 5.75 Å². The molecule has 102 valence electrons. The number of aromatic nitrogens is 2. The minimum absolute atomic E-state index is 0.495. The number of thiophene rings is 1. The second-order valence-corrected chi connectivity index (χ2v) is 7.04. The van der Waals surface area contributed by atoms with Crippen LogP contribution >= 0.6 is 33.9 Å². The predicted octanol–water partition coefficient (Wildman–Crippen LogP) is 4.00. The molecule has 2 aromatic heterocycles. The van der Waals surface area contributed by atoms with Crippen molar-refractivity contribution in [2.24, 2.45) is 0 Å². The molecular weight excluding hydrogens is 385 g/mol. The number of nitrogens with two attached hydrogens (primary N) is 1. The van der Waals surface area contributed by atoms with Crippen LogP contribution in [0.15, 0.2) is 35.7 Å². The fourth-order valence-electron chi connectivity index (χ4n) is 2.08. The zero-order valence-corrected chi connectivity index (χ0v) is 13.7. The largest absolute Gasteiger partial charge is 0.497 e. The highest BCUT2D eigenvalue weighted by molar-refractivity contribution is 14.1. The van der Waals surface area contributed by atoms with Crippen LogP contribution in [0.4, 0.5) is 5.82 Å². The second-order valence-electron chi connectivity index (χ2n) is 4.23. The smallest absolute Gasteiger partial charge is 0.153 e. The van der Waals surface area contributed by atoms with Crippen LogP contribution in [0.1, 0.15) is 0 Å². The van der Waals surface area contributed by atoms with E-state index in [-0.39, 0.29) is 0 Å². The molecule has 4 nitrogen and oxygen atoms in total. The molecular formula is C14H12IN3OS. The molecule has 0 saturated heterocycles. The maximum Gasteiger partial charge on any atom is 0.153 e. The number of benzene rings is 1. The van der Waals surface area contributed by atoms with Gasteiger partial charge in [0.25, 0.3) is 0 Å². The van der Waals surface area contributed by atoms with E-state index < -0.39 is 0 Å². The fraction of sp³-hybridized carbons (Fsp3) is 0.0714. The number of nitrogens with one attached hydrogen (secondary N) is 1. The highest BCUT2D eigenvalue weighted by Gasteiger charge is 2.16. The van der Waals surface area contributed by atoms with Gasteiger partial charge in [0.15, 0.2) is 5.82 Å². The Morgan fingerprint density at radius 2 is 2.15 bits per heavy atom. The first-order valence-electron chi connectivity index (χ1n) is 5.91. The van der Waals surface area contributed by atoms with E-state index >= 15 is 0 Å². The molecule has 0 aliphatic heterocycles. The topological polar surface area (TPSA) is 63.9 Å². The highest BCUT2D eigenvalue weighted by atomic mass is 127. The number of H-pyrrole nitrogens is 1. The van der Waals surface area contributed by atoms with E-state index in [0.29, 0.717) is 5.82 Å². The number of aromatic amines is 1. The first-order valence-corrected chi connectivity index (χ1v) is 7.87. The third-order valence-electron chi connectivity index (χ3n) is 3.01. The van der Waals surface area contributed by atoms with Gasteiger partial charge in [-0.05, 0) is 46.4 Å². The minimum atomic E-state index is 0.495. The molecule has 0 aliphatic rings. The molecule has 0 bridgehead atoms. The van der Waals surface area contributed by atoms with Crippen molar-refractivity contribution in [2.75, 3.05) is 12.8 Å². The van der Waals surface area contributed by atoms with Gasteiger partial charge in [0.2, 0.25) is 0 Å². The first kappa shape index (κ1) is 13.4. The average molecular weight is 397 g/mol. The normalized spacial score (nSPS) is 10.7. The van der Waals surface area contributed by atoms with Gasteiger partial charge in [0, 0.05) is 10.9 Å². The number of ether oxygens (including phenoxy) is 1. The standard InChI is InChI=1S/C14H12IN3OS/c1-19-10-4-2-3-8(5-10)12-13(17-18-14(12)16)9-6-11(15)20-7-9/h2-7H,1H3,(H3,16,17,18). The number of hydrogen-bond acceptors (Lipinski definition) is 4. The van der Waals surface area contributed by atoms with Crippen molar-refractivity contribution in [1.82, 2.24) is 10.2 Å². The van der Waals surface area contributed by atoms with Crippen molar-refractivity contribution in [2.45, 2.75) is 0 Å². The van der Waals surface area contributed by atoms with Crippen LogP contribution in [0, 0.1) is 2.88 Å². The Bertz CT molecular complexity index is 750. The van der Waals surface area contributed by atoms with Gasteiger partial charge < -0.3 is 10.5 Å². The molecule has 0 spiro atoms. The number of hydrogen-bond donors (Lipinski definition) is 2. The summed E-state index contributed by atoms with van der Waals surface area (Å²) >= 11 is 4.00. The van der Waals surface area contributed by atoms with Gasteiger partial charge in [-0.15, -0.1) is 11.3 Å². The lowest BCUT2D eigenvalue weighted by molar-refractivity contribution is 0.415. The molecule has 0 radical (unpaired) electrons. The summed E-state index contributed by atoms with van der Waals surface area (Å²) in [7, 11) is 1.65. The molecule has 0 saturated carbocycles. The summed E-state index contributed by atoms with van der Waals surface area (Å²) in [4.78, 5) is 0. The molecule has 3 N–H and O–H groups in total. The molecule has 3 rings (SSSR count). The van der Waals surface area contributed by atoms with Crippen molar-refractivity contribution in [3.8, 4) is 28.1 Å². The van der Waals surface area contributed by atoms with Gasteiger partial charge in [0.1, 0.15) is 5.75 Å². The van der Waals surface area contributed by atoms with E-state index in [1.165, 1.54) is 2.88 Å². The van der Waals surface area contributed by atoms with Crippen molar-refractivity contribution in [3.05, 3.63) is 38.6 Å². The molecule has 3 aromatic rings. The van der Waals surface area contributed by atoms with Gasteiger partial charge in [0.05, 0.1) is 21.3 Å². The van der Waals surface area contributed by atoms with Gasteiger partial charge in [-0.1, -0.05) is 12.1 Å². The number of rotatable bonds is 3. The van der Waals surface area contributed by atoms with Crippen LogP contribution in [0.25, 0.3) is 22.4 Å². The van der Waals surface area contributed by atoms with E-state index in [0.717, 1.165) is 28.1 Å². The van der Waals surface area contributed by atoms with E-state index in [1.54, 1.807) is 18.4 Å². The summed E-state index contributed by atoms with van der Waals surface area (Å²) < 4.78 is 6.50. The summed E-state index contributed by atoms with van der Waals surface area (Å²) in [6, 6.07) is 9.93. The number of halogens is 1. The molecule has 0 fully saturated rings. The monoisotopic (exact) mass is 397 g/mol. The minimum Gasteiger partial charge on any atom is -0.497 e. The third kappa shape index (κ3) is 2.40. The van der Waals surface area contributed by atoms with Gasteiger partial charge in [-0.2, -0.15) is 5.10 Å². The zero-order valence-electron chi connectivity index (χ0n) is 10.7. The molecule has 6 heteroatoms. The van der Waals surface area contributed by atoms with Crippen LogP contribution in [-0.4, -0.2) is 17.3 Å². The lowest BCUT2D eigenvalue weighted by Crippen LogP contribution is -1.89. The van der Waals surface area contributed by atoms with Gasteiger partial charge in [-0.25, -0.2) is 0 Å². The molecule has 0 unspecified atom stereocenters. The fourth-order valence-corrected chi connectivity index (χ4v) is 3.41. The predicted molar refractivity (Wildman–Crippen MR) is 91.0 cm³/mol. The Balaban J connectivity index is 2.15. The summed E-state index contributed by atoms with van der Waals surface area (Å²) in [5.74, 6) is 1.29. The van der Waals surface area contributed by atoms with E-state index in [9.17, 15) is 0 Å². The summed E-state index contributed by atoms with van der Waals surface area (Å²) in [6.45, 7) is 0. The van der Waals surface area contributed by atoms with Crippen molar-refractivity contribution in [3.63, 3.8) is 0 Å². The SMILES string of the molecule is COc1cccc(-c2c(N)n[nH]c2-c2csc(I)c2)c1. The zero-order chi connectivity index (χ0) is 14.1. The van der Waals surface area contributed by atoms with Crippen molar-refractivity contribution < 1.29 is 4.74 Å². The van der Waals surface area contributed by atoms with Crippen LogP contribution < -0.4 is 10.5 Å².